The van der Waals surface area contributed by atoms with E-state index in [0.717, 1.165) is 17.9 Å². The predicted molar refractivity (Wildman–Crippen MR) is 54.3 cm³/mol. The van der Waals surface area contributed by atoms with Crippen LogP contribution in [-0.2, 0) is 0 Å². The van der Waals surface area contributed by atoms with E-state index in [-0.39, 0.29) is 0 Å². The van der Waals surface area contributed by atoms with Crippen LogP contribution in [0.1, 0.15) is 40.5 Å². The predicted octanol–water partition coefficient (Wildman–Crippen LogP) is 2.76. The topological polar surface area (TPSA) is 3.24 Å². The van der Waals surface area contributed by atoms with Gasteiger partial charge in [-0.25, -0.2) is 0 Å². The number of hydrogen-bond acceptors (Lipinski definition) is 1. The van der Waals surface area contributed by atoms with Gasteiger partial charge in [0.05, 0.1) is 0 Å². The summed E-state index contributed by atoms with van der Waals surface area (Å²) in [4.78, 5) is 2.56. The molecule has 1 heteroatoms. The van der Waals surface area contributed by atoms with Gasteiger partial charge in [-0.05, 0) is 32.1 Å². The molecule has 0 aromatic rings. The maximum Gasteiger partial charge on any atom is 0.00388 e. The highest BCUT2D eigenvalue weighted by Gasteiger charge is 2.27. The summed E-state index contributed by atoms with van der Waals surface area (Å²) < 4.78 is 0. The molecule has 1 aliphatic heterocycles. The van der Waals surface area contributed by atoms with Crippen LogP contribution in [0.4, 0.5) is 0 Å². The zero-order valence-electron chi connectivity index (χ0n) is 9.01. The highest BCUT2D eigenvalue weighted by Crippen LogP contribution is 2.24. The number of likely N-dealkylation sites (tertiary alicyclic amines) is 1. The summed E-state index contributed by atoms with van der Waals surface area (Å²) in [5, 5.41) is 0. The van der Waals surface area contributed by atoms with Crippen LogP contribution in [-0.4, -0.2) is 24.0 Å². The third-order valence-electron chi connectivity index (χ3n) is 2.87. The van der Waals surface area contributed by atoms with Crippen LogP contribution in [0.5, 0.6) is 0 Å². The molecular formula is C11H23N. The first-order valence-electron chi connectivity index (χ1n) is 5.33. The summed E-state index contributed by atoms with van der Waals surface area (Å²) in [6.45, 7) is 11.9. The van der Waals surface area contributed by atoms with Crippen molar-refractivity contribution in [3.05, 3.63) is 0 Å². The molecule has 72 valence electrons. The smallest absolute Gasteiger partial charge is 0.00388 e. The fourth-order valence-electron chi connectivity index (χ4n) is 1.78. The Bertz CT molecular complexity index is 120. The monoisotopic (exact) mass is 169 g/mol. The van der Waals surface area contributed by atoms with Crippen molar-refractivity contribution in [3.8, 4) is 0 Å². The van der Waals surface area contributed by atoms with Gasteiger partial charge in [-0.3, -0.25) is 0 Å². The number of rotatable bonds is 4. The lowest BCUT2D eigenvalue weighted by Crippen LogP contribution is -2.50. The molecule has 1 saturated heterocycles. The van der Waals surface area contributed by atoms with E-state index in [1.165, 1.54) is 25.9 Å². The van der Waals surface area contributed by atoms with Crippen molar-refractivity contribution in [2.45, 2.75) is 46.6 Å². The lowest BCUT2D eigenvalue weighted by Gasteiger charge is -2.42. The second kappa shape index (κ2) is 4.27. The number of nitrogens with zero attached hydrogens (tertiary/aromatic N) is 1. The van der Waals surface area contributed by atoms with E-state index in [1.54, 1.807) is 0 Å². The van der Waals surface area contributed by atoms with Gasteiger partial charge in [0.1, 0.15) is 0 Å². The minimum Gasteiger partial charge on any atom is -0.300 e. The zero-order valence-corrected chi connectivity index (χ0v) is 9.01. The molecule has 0 aromatic heterocycles. The van der Waals surface area contributed by atoms with Crippen molar-refractivity contribution in [3.63, 3.8) is 0 Å². The molecule has 0 bridgehead atoms. The van der Waals surface area contributed by atoms with Crippen LogP contribution >= 0.6 is 0 Å². The van der Waals surface area contributed by atoms with Gasteiger partial charge in [0.2, 0.25) is 0 Å². The number of hydrogen-bond donors (Lipinski definition) is 0. The lowest BCUT2D eigenvalue weighted by molar-refractivity contribution is 0.0596. The molecular weight excluding hydrogens is 146 g/mol. The van der Waals surface area contributed by atoms with Gasteiger partial charge in [0, 0.05) is 19.1 Å². The molecule has 0 radical (unpaired) electrons. The standard InChI is InChI=1S/C11H23N/c1-9(2)5-6-11-7-12(8-11)10(3)4/h9-11H,5-8H2,1-4H3. The van der Waals surface area contributed by atoms with Crippen LogP contribution in [0, 0.1) is 11.8 Å². The van der Waals surface area contributed by atoms with E-state index in [4.69, 9.17) is 0 Å². The van der Waals surface area contributed by atoms with Gasteiger partial charge >= 0.3 is 0 Å². The van der Waals surface area contributed by atoms with E-state index >= 15 is 0 Å². The van der Waals surface area contributed by atoms with Crippen molar-refractivity contribution in [2.75, 3.05) is 13.1 Å². The molecule has 1 aliphatic rings. The fraction of sp³-hybridized carbons (Fsp3) is 1.00. The molecule has 12 heavy (non-hydrogen) atoms. The minimum absolute atomic E-state index is 0.764. The van der Waals surface area contributed by atoms with Gasteiger partial charge < -0.3 is 4.90 Å². The van der Waals surface area contributed by atoms with Gasteiger partial charge in [-0.1, -0.05) is 20.3 Å². The Labute approximate surface area is 77.1 Å². The van der Waals surface area contributed by atoms with E-state index in [2.05, 4.69) is 32.6 Å². The van der Waals surface area contributed by atoms with E-state index in [9.17, 15) is 0 Å². The van der Waals surface area contributed by atoms with Gasteiger partial charge in [0.15, 0.2) is 0 Å². The maximum atomic E-state index is 2.56. The Balaban J connectivity index is 2.02. The van der Waals surface area contributed by atoms with Gasteiger partial charge in [-0.15, -0.1) is 0 Å². The van der Waals surface area contributed by atoms with Gasteiger partial charge in [0.25, 0.3) is 0 Å². The van der Waals surface area contributed by atoms with Crippen LogP contribution in [0.15, 0.2) is 0 Å². The molecule has 0 saturated carbocycles. The molecule has 0 spiro atoms. The maximum absolute atomic E-state index is 2.56. The van der Waals surface area contributed by atoms with E-state index in [1.807, 2.05) is 0 Å². The van der Waals surface area contributed by atoms with Crippen LogP contribution in [0.25, 0.3) is 0 Å². The fourth-order valence-corrected chi connectivity index (χ4v) is 1.78. The molecule has 0 aromatic carbocycles. The van der Waals surface area contributed by atoms with Crippen LogP contribution < -0.4 is 0 Å². The van der Waals surface area contributed by atoms with Crippen molar-refractivity contribution < 1.29 is 0 Å². The first kappa shape index (κ1) is 10.0. The Morgan fingerprint density at radius 1 is 1.17 bits per heavy atom. The second-order valence-corrected chi connectivity index (χ2v) is 4.88. The Morgan fingerprint density at radius 3 is 2.17 bits per heavy atom. The SMILES string of the molecule is CC(C)CCC1CN(C(C)C)C1. The quantitative estimate of drug-likeness (QED) is 0.625. The van der Waals surface area contributed by atoms with Gasteiger partial charge in [-0.2, -0.15) is 0 Å². The highest BCUT2D eigenvalue weighted by atomic mass is 15.2. The first-order valence-corrected chi connectivity index (χ1v) is 5.33. The third kappa shape index (κ3) is 2.78. The average molecular weight is 169 g/mol. The van der Waals surface area contributed by atoms with Crippen molar-refractivity contribution in [2.24, 2.45) is 11.8 Å². The highest BCUT2D eigenvalue weighted by molar-refractivity contribution is 4.81. The molecule has 1 fully saturated rings. The second-order valence-electron chi connectivity index (χ2n) is 4.88. The summed E-state index contributed by atoms with van der Waals surface area (Å²) in [7, 11) is 0. The minimum atomic E-state index is 0.764. The van der Waals surface area contributed by atoms with Crippen molar-refractivity contribution in [1.82, 2.24) is 4.90 Å². The summed E-state index contributed by atoms with van der Waals surface area (Å²) in [6, 6.07) is 0.764. The van der Waals surface area contributed by atoms with E-state index in [0.29, 0.717) is 0 Å². The normalized spacial score (nSPS) is 20.5. The molecule has 0 N–H and O–H groups in total. The Morgan fingerprint density at radius 2 is 1.75 bits per heavy atom. The van der Waals surface area contributed by atoms with Crippen LogP contribution in [0.2, 0.25) is 0 Å². The van der Waals surface area contributed by atoms with Crippen LogP contribution in [0.3, 0.4) is 0 Å². The molecule has 0 amide bonds. The summed E-state index contributed by atoms with van der Waals surface area (Å²) in [5.41, 5.74) is 0. The zero-order chi connectivity index (χ0) is 9.14. The summed E-state index contributed by atoms with van der Waals surface area (Å²) in [5.74, 6) is 1.90. The largest absolute Gasteiger partial charge is 0.300 e. The average Bonchev–Trinajstić information content (AvgIpc) is 1.82. The summed E-state index contributed by atoms with van der Waals surface area (Å²) in [6.07, 6.45) is 2.86. The molecule has 0 aliphatic carbocycles. The van der Waals surface area contributed by atoms with E-state index < -0.39 is 0 Å². The molecule has 1 rings (SSSR count). The lowest BCUT2D eigenvalue weighted by atomic mass is 9.90. The molecule has 0 atom stereocenters. The first-order chi connectivity index (χ1) is 5.59. The molecule has 0 unspecified atom stereocenters. The Hall–Kier alpha value is -0.0400. The van der Waals surface area contributed by atoms with Crippen molar-refractivity contribution >= 4 is 0 Å². The van der Waals surface area contributed by atoms with Crippen molar-refractivity contribution in [1.29, 1.82) is 0 Å². The Kier molecular flexibility index (Phi) is 3.57. The third-order valence-corrected chi connectivity index (χ3v) is 2.87. The molecule has 1 nitrogen and oxygen atoms in total. The molecule has 1 heterocycles. The summed E-state index contributed by atoms with van der Waals surface area (Å²) >= 11 is 0.